The Morgan fingerprint density at radius 1 is 1.26 bits per heavy atom. The molecule has 4 heteroatoms. The third-order valence-corrected chi connectivity index (χ3v) is 3.88. The van der Waals surface area contributed by atoms with Crippen molar-refractivity contribution in [3.63, 3.8) is 0 Å². The van der Waals surface area contributed by atoms with Crippen molar-refractivity contribution in [3.8, 4) is 0 Å². The summed E-state index contributed by atoms with van der Waals surface area (Å²) in [6.45, 7) is 6.44. The zero-order valence-corrected chi connectivity index (χ0v) is 12.6. The molecule has 0 saturated carbocycles. The van der Waals surface area contributed by atoms with Crippen LogP contribution in [0.25, 0.3) is 0 Å². The number of benzene rings is 1. The van der Waals surface area contributed by atoms with Gasteiger partial charge in [-0.25, -0.2) is 4.98 Å². The molecule has 1 N–H and O–H groups in total. The van der Waals surface area contributed by atoms with Crippen molar-refractivity contribution in [2.24, 2.45) is 13.0 Å². The van der Waals surface area contributed by atoms with E-state index in [1.807, 2.05) is 24.0 Å². The van der Waals surface area contributed by atoms with Crippen LogP contribution >= 0.6 is 11.8 Å². The van der Waals surface area contributed by atoms with E-state index in [2.05, 4.69) is 48.4 Å². The number of hydrogen-bond acceptors (Lipinski definition) is 3. The van der Waals surface area contributed by atoms with Gasteiger partial charge in [0.25, 0.3) is 0 Å². The molecule has 19 heavy (non-hydrogen) atoms. The lowest BCUT2D eigenvalue weighted by atomic mass is 10.2. The average molecular weight is 275 g/mol. The molecule has 0 radical (unpaired) electrons. The number of aromatic nitrogens is 2. The van der Waals surface area contributed by atoms with E-state index < -0.39 is 0 Å². The second-order valence-electron chi connectivity index (χ2n) is 5.09. The van der Waals surface area contributed by atoms with Crippen molar-refractivity contribution in [1.29, 1.82) is 0 Å². The second kappa shape index (κ2) is 6.78. The Labute approximate surface area is 119 Å². The molecule has 0 fully saturated rings. The van der Waals surface area contributed by atoms with Crippen LogP contribution in [0, 0.1) is 5.92 Å². The van der Waals surface area contributed by atoms with Gasteiger partial charge >= 0.3 is 0 Å². The highest BCUT2D eigenvalue weighted by molar-refractivity contribution is 7.99. The SMILES string of the molecule is CC(C)CNCc1ccc(Sc2nccn2C)cc1. The van der Waals surface area contributed by atoms with Gasteiger partial charge in [-0.05, 0) is 30.2 Å². The molecule has 1 aromatic carbocycles. The number of nitrogens with one attached hydrogen (secondary N) is 1. The van der Waals surface area contributed by atoms with Crippen molar-refractivity contribution < 1.29 is 0 Å². The van der Waals surface area contributed by atoms with Gasteiger partial charge in [0.2, 0.25) is 0 Å². The highest BCUT2D eigenvalue weighted by Gasteiger charge is 2.02. The van der Waals surface area contributed by atoms with E-state index in [9.17, 15) is 0 Å². The van der Waals surface area contributed by atoms with Crippen LogP contribution in [0.1, 0.15) is 19.4 Å². The van der Waals surface area contributed by atoms with E-state index >= 15 is 0 Å². The maximum Gasteiger partial charge on any atom is 0.172 e. The summed E-state index contributed by atoms with van der Waals surface area (Å²) in [4.78, 5) is 5.54. The molecule has 0 bridgehead atoms. The Morgan fingerprint density at radius 3 is 2.58 bits per heavy atom. The van der Waals surface area contributed by atoms with Gasteiger partial charge in [-0.2, -0.15) is 0 Å². The zero-order valence-electron chi connectivity index (χ0n) is 11.8. The maximum atomic E-state index is 4.32. The van der Waals surface area contributed by atoms with Gasteiger partial charge in [-0.15, -0.1) is 0 Å². The summed E-state index contributed by atoms with van der Waals surface area (Å²) in [6, 6.07) is 8.68. The molecule has 0 atom stereocenters. The molecule has 2 rings (SSSR count). The number of rotatable bonds is 6. The van der Waals surface area contributed by atoms with Crippen LogP contribution in [0.5, 0.6) is 0 Å². The van der Waals surface area contributed by atoms with Crippen LogP contribution < -0.4 is 5.32 Å². The Kier molecular flexibility index (Phi) is 5.05. The van der Waals surface area contributed by atoms with Crippen molar-refractivity contribution in [2.75, 3.05) is 6.54 Å². The summed E-state index contributed by atoms with van der Waals surface area (Å²) < 4.78 is 2.03. The van der Waals surface area contributed by atoms with Crippen LogP contribution in [0.15, 0.2) is 46.7 Å². The highest BCUT2D eigenvalue weighted by atomic mass is 32.2. The molecule has 0 aliphatic carbocycles. The molecule has 0 aliphatic rings. The average Bonchev–Trinajstić information content (AvgIpc) is 2.77. The molecule has 102 valence electrons. The van der Waals surface area contributed by atoms with Crippen molar-refractivity contribution >= 4 is 11.8 Å². The van der Waals surface area contributed by atoms with Gasteiger partial charge < -0.3 is 9.88 Å². The topological polar surface area (TPSA) is 29.9 Å². The minimum absolute atomic E-state index is 0.693. The Bertz CT molecular complexity index is 502. The molecule has 0 spiro atoms. The van der Waals surface area contributed by atoms with Crippen molar-refractivity contribution in [1.82, 2.24) is 14.9 Å². The third-order valence-electron chi connectivity index (χ3n) is 2.79. The first kappa shape index (κ1) is 14.2. The Balaban J connectivity index is 1.89. The molecule has 2 aromatic rings. The van der Waals surface area contributed by atoms with E-state index in [4.69, 9.17) is 0 Å². The number of imidazole rings is 1. The molecule has 0 aliphatic heterocycles. The summed E-state index contributed by atoms with van der Waals surface area (Å²) in [5.41, 5.74) is 1.32. The van der Waals surface area contributed by atoms with Gasteiger partial charge in [0.1, 0.15) is 0 Å². The fourth-order valence-corrected chi connectivity index (χ4v) is 2.54. The van der Waals surface area contributed by atoms with E-state index in [1.54, 1.807) is 11.8 Å². The molecule has 0 saturated heterocycles. The van der Waals surface area contributed by atoms with Gasteiger partial charge in [0.05, 0.1) is 0 Å². The van der Waals surface area contributed by atoms with E-state index in [0.29, 0.717) is 5.92 Å². The summed E-state index contributed by atoms with van der Waals surface area (Å²) in [5.74, 6) is 0.693. The molecule has 0 unspecified atom stereocenters. The maximum absolute atomic E-state index is 4.32. The number of nitrogens with zero attached hydrogens (tertiary/aromatic N) is 2. The van der Waals surface area contributed by atoms with Gasteiger partial charge in [0, 0.05) is 30.9 Å². The van der Waals surface area contributed by atoms with E-state index in [-0.39, 0.29) is 0 Å². The summed E-state index contributed by atoms with van der Waals surface area (Å²) >= 11 is 1.69. The smallest absolute Gasteiger partial charge is 0.172 e. The second-order valence-corrected chi connectivity index (χ2v) is 6.13. The molecular weight excluding hydrogens is 254 g/mol. The first-order chi connectivity index (χ1) is 9.15. The van der Waals surface area contributed by atoms with Crippen molar-refractivity contribution in [3.05, 3.63) is 42.2 Å². The highest BCUT2D eigenvalue weighted by Crippen LogP contribution is 2.25. The fraction of sp³-hybridized carbons (Fsp3) is 0.400. The summed E-state index contributed by atoms with van der Waals surface area (Å²) in [7, 11) is 2.01. The lowest BCUT2D eigenvalue weighted by Gasteiger charge is -2.08. The minimum atomic E-state index is 0.693. The van der Waals surface area contributed by atoms with E-state index in [1.165, 1.54) is 10.5 Å². The van der Waals surface area contributed by atoms with E-state index in [0.717, 1.165) is 18.2 Å². The van der Waals surface area contributed by atoms with Crippen LogP contribution in [-0.4, -0.2) is 16.1 Å². The quantitative estimate of drug-likeness (QED) is 0.877. The van der Waals surface area contributed by atoms with Crippen LogP contribution in [0.4, 0.5) is 0 Å². The predicted molar refractivity (Wildman–Crippen MR) is 80.3 cm³/mol. The largest absolute Gasteiger partial charge is 0.329 e. The molecular formula is C15H21N3S. The van der Waals surface area contributed by atoms with Gasteiger partial charge in [-0.3, -0.25) is 0 Å². The fourth-order valence-electron chi connectivity index (χ4n) is 1.74. The van der Waals surface area contributed by atoms with Crippen LogP contribution in [0.3, 0.4) is 0 Å². The van der Waals surface area contributed by atoms with Crippen LogP contribution in [0.2, 0.25) is 0 Å². The zero-order chi connectivity index (χ0) is 13.7. The predicted octanol–water partition coefficient (Wildman–Crippen LogP) is 3.32. The van der Waals surface area contributed by atoms with Gasteiger partial charge in [0.15, 0.2) is 5.16 Å². The first-order valence-electron chi connectivity index (χ1n) is 6.60. The summed E-state index contributed by atoms with van der Waals surface area (Å²) in [5, 5.41) is 4.47. The monoisotopic (exact) mass is 275 g/mol. The summed E-state index contributed by atoms with van der Waals surface area (Å²) in [6.07, 6.45) is 3.79. The molecule has 1 heterocycles. The Morgan fingerprint density at radius 2 is 2.00 bits per heavy atom. The number of aryl methyl sites for hydroxylation is 1. The molecule has 3 nitrogen and oxygen atoms in total. The molecule has 0 amide bonds. The standard InChI is InChI=1S/C15H21N3S/c1-12(2)10-16-11-13-4-6-14(7-5-13)19-15-17-8-9-18(15)3/h4-9,12,16H,10-11H2,1-3H3. The molecule has 1 aromatic heterocycles. The third kappa shape index (κ3) is 4.40. The number of hydrogen-bond donors (Lipinski definition) is 1. The van der Waals surface area contributed by atoms with Crippen molar-refractivity contribution in [2.45, 2.75) is 30.4 Å². The minimum Gasteiger partial charge on any atom is -0.329 e. The Hall–Kier alpha value is -1.26. The normalized spacial score (nSPS) is 11.2. The lowest BCUT2D eigenvalue weighted by molar-refractivity contribution is 0.552. The lowest BCUT2D eigenvalue weighted by Crippen LogP contribution is -2.18. The van der Waals surface area contributed by atoms with Crippen LogP contribution in [-0.2, 0) is 13.6 Å². The van der Waals surface area contributed by atoms with Gasteiger partial charge in [-0.1, -0.05) is 37.7 Å². The first-order valence-corrected chi connectivity index (χ1v) is 7.41.